The van der Waals surface area contributed by atoms with E-state index in [1.807, 2.05) is 0 Å². The Labute approximate surface area is 61.7 Å². The Kier molecular flexibility index (Phi) is 1.75. The third kappa shape index (κ3) is 1.46. The van der Waals surface area contributed by atoms with Gasteiger partial charge in [0.1, 0.15) is 12.9 Å². The van der Waals surface area contributed by atoms with Gasteiger partial charge in [0.25, 0.3) is 0 Å². The zero-order valence-electron chi connectivity index (χ0n) is 5.89. The van der Waals surface area contributed by atoms with E-state index in [0.29, 0.717) is 0 Å². The van der Waals surface area contributed by atoms with E-state index in [-0.39, 0.29) is 6.54 Å². The Hall–Kier alpha value is -1.59. The molecule has 1 N–H and O–H groups in total. The first-order valence-corrected chi connectivity index (χ1v) is 2.91. The predicted molar refractivity (Wildman–Crippen MR) is 35.1 cm³/mol. The molecule has 0 aliphatic heterocycles. The molecule has 0 atom stereocenters. The standard InChI is InChI=1S/C5H7N3O3/c1-7-5(11)8(3-6-7)2-4(9)10/h3H,2H2,1H3,(H,9,10). The Morgan fingerprint density at radius 3 is 2.82 bits per heavy atom. The molecule has 6 nitrogen and oxygen atoms in total. The normalized spacial score (nSPS) is 9.91. The zero-order valence-corrected chi connectivity index (χ0v) is 5.89. The van der Waals surface area contributed by atoms with Gasteiger partial charge in [-0.15, -0.1) is 0 Å². The molecule has 1 rings (SSSR count). The smallest absolute Gasteiger partial charge is 0.345 e. The third-order valence-corrected chi connectivity index (χ3v) is 1.19. The molecule has 0 radical (unpaired) electrons. The van der Waals surface area contributed by atoms with Crippen molar-refractivity contribution in [2.75, 3.05) is 0 Å². The van der Waals surface area contributed by atoms with Gasteiger partial charge in [-0.25, -0.2) is 9.48 Å². The van der Waals surface area contributed by atoms with Gasteiger partial charge in [0.05, 0.1) is 0 Å². The summed E-state index contributed by atoms with van der Waals surface area (Å²) in [6, 6.07) is 0. The van der Waals surface area contributed by atoms with Crippen molar-refractivity contribution in [2.45, 2.75) is 6.54 Å². The number of nitrogens with zero attached hydrogens (tertiary/aromatic N) is 3. The highest BCUT2D eigenvalue weighted by Gasteiger charge is 2.03. The molecule has 0 spiro atoms. The molecule has 0 saturated carbocycles. The van der Waals surface area contributed by atoms with Crippen LogP contribution in [0.2, 0.25) is 0 Å². The van der Waals surface area contributed by atoms with Crippen molar-refractivity contribution in [2.24, 2.45) is 7.05 Å². The van der Waals surface area contributed by atoms with Crippen molar-refractivity contribution in [3.63, 3.8) is 0 Å². The number of carboxylic acid groups (broad SMARTS) is 1. The molecule has 0 fully saturated rings. The zero-order chi connectivity index (χ0) is 8.43. The molecule has 0 aromatic carbocycles. The molecular weight excluding hydrogens is 150 g/mol. The summed E-state index contributed by atoms with van der Waals surface area (Å²) in [5.74, 6) is -1.06. The molecule has 0 unspecified atom stereocenters. The minimum absolute atomic E-state index is 0.341. The van der Waals surface area contributed by atoms with Gasteiger partial charge in [0.2, 0.25) is 0 Å². The van der Waals surface area contributed by atoms with Gasteiger partial charge >= 0.3 is 11.7 Å². The van der Waals surface area contributed by atoms with Crippen LogP contribution >= 0.6 is 0 Å². The van der Waals surface area contributed by atoms with Crippen LogP contribution in [-0.4, -0.2) is 25.4 Å². The number of rotatable bonds is 2. The van der Waals surface area contributed by atoms with E-state index in [9.17, 15) is 9.59 Å². The molecular formula is C5H7N3O3. The van der Waals surface area contributed by atoms with Gasteiger partial charge in [-0.2, -0.15) is 5.10 Å². The fourth-order valence-corrected chi connectivity index (χ4v) is 0.679. The van der Waals surface area contributed by atoms with Crippen LogP contribution in [0.15, 0.2) is 11.1 Å². The topological polar surface area (TPSA) is 77.1 Å². The molecule has 1 aromatic heterocycles. The monoisotopic (exact) mass is 157 g/mol. The molecule has 0 amide bonds. The average molecular weight is 157 g/mol. The third-order valence-electron chi connectivity index (χ3n) is 1.19. The Balaban J connectivity index is 2.97. The molecule has 0 aliphatic rings. The number of carboxylic acids is 1. The second kappa shape index (κ2) is 2.57. The van der Waals surface area contributed by atoms with Crippen LogP contribution in [0.25, 0.3) is 0 Å². The summed E-state index contributed by atoms with van der Waals surface area (Å²) in [4.78, 5) is 21.0. The van der Waals surface area contributed by atoms with Gasteiger partial charge in [-0.3, -0.25) is 9.36 Å². The van der Waals surface area contributed by atoms with Crippen molar-refractivity contribution in [3.8, 4) is 0 Å². The summed E-state index contributed by atoms with van der Waals surface area (Å²) < 4.78 is 2.09. The highest BCUT2D eigenvalue weighted by atomic mass is 16.4. The second-order valence-electron chi connectivity index (χ2n) is 2.06. The summed E-state index contributed by atoms with van der Waals surface area (Å²) >= 11 is 0. The summed E-state index contributed by atoms with van der Waals surface area (Å²) in [6.07, 6.45) is 1.19. The van der Waals surface area contributed by atoms with E-state index in [1.54, 1.807) is 0 Å². The number of hydrogen-bond donors (Lipinski definition) is 1. The summed E-state index contributed by atoms with van der Waals surface area (Å²) in [6.45, 7) is -0.341. The maximum atomic E-state index is 10.9. The van der Waals surface area contributed by atoms with E-state index in [1.165, 1.54) is 13.4 Å². The van der Waals surface area contributed by atoms with Crippen LogP contribution in [0.1, 0.15) is 0 Å². The molecule has 1 heterocycles. The van der Waals surface area contributed by atoms with E-state index in [2.05, 4.69) is 5.10 Å². The Morgan fingerprint density at radius 2 is 2.45 bits per heavy atom. The van der Waals surface area contributed by atoms with Crippen LogP contribution in [0.5, 0.6) is 0 Å². The number of hydrogen-bond acceptors (Lipinski definition) is 3. The van der Waals surface area contributed by atoms with Gasteiger partial charge in [-0.05, 0) is 0 Å². The summed E-state index contributed by atoms with van der Waals surface area (Å²) in [5, 5.41) is 11.9. The predicted octanol–water partition coefficient (Wildman–Crippen LogP) is -1.33. The summed E-state index contributed by atoms with van der Waals surface area (Å²) in [5.41, 5.74) is -0.424. The number of carbonyl (C=O) groups is 1. The lowest BCUT2D eigenvalue weighted by atomic mass is 10.6. The molecule has 0 saturated heterocycles. The SMILES string of the molecule is Cn1ncn(CC(=O)O)c1=O. The molecule has 1 aromatic rings. The summed E-state index contributed by atoms with van der Waals surface area (Å²) in [7, 11) is 1.46. The minimum Gasteiger partial charge on any atom is -0.480 e. The fourth-order valence-electron chi connectivity index (χ4n) is 0.679. The quantitative estimate of drug-likeness (QED) is 0.576. The molecule has 0 aliphatic carbocycles. The maximum absolute atomic E-state index is 10.9. The lowest BCUT2D eigenvalue weighted by molar-refractivity contribution is -0.137. The van der Waals surface area contributed by atoms with E-state index >= 15 is 0 Å². The lowest BCUT2D eigenvalue weighted by Gasteiger charge is -1.90. The molecule has 0 bridgehead atoms. The van der Waals surface area contributed by atoms with Crippen molar-refractivity contribution < 1.29 is 9.90 Å². The number of aryl methyl sites for hydroxylation is 1. The highest BCUT2D eigenvalue weighted by molar-refractivity contribution is 5.66. The van der Waals surface area contributed by atoms with E-state index in [0.717, 1.165) is 9.25 Å². The lowest BCUT2D eigenvalue weighted by Crippen LogP contribution is -2.25. The van der Waals surface area contributed by atoms with Crippen molar-refractivity contribution in [3.05, 3.63) is 16.8 Å². The van der Waals surface area contributed by atoms with E-state index in [4.69, 9.17) is 5.11 Å². The number of aromatic nitrogens is 3. The van der Waals surface area contributed by atoms with Crippen LogP contribution in [0.3, 0.4) is 0 Å². The molecule has 6 heteroatoms. The van der Waals surface area contributed by atoms with Crippen molar-refractivity contribution in [1.29, 1.82) is 0 Å². The largest absolute Gasteiger partial charge is 0.480 e. The molecule has 11 heavy (non-hydrogen) atoms. The average Bonchev–Trinajstić information content (AvgIpc) is 2.18. The maximum Gasteiger partial charge on any atom is 0.345 e. The first kappa shape index (κ1) is 7.52. The Bertz CT molecular complexity index is 324. The van der Waals surface area contributed by atoms with Gasteiger partial charge in [0, 0.05) is 7.05 Å². The second-order valence-corrected chi connectivity index (χ2v) is 2.06. The van der Waals surface area contributed by atoms with Gasteiger partial charge < -0.3 is 5.11 Å². The first-order chi connectivity index (χ1) is 5.11. The number of aliphatic carboxylic acids is 1. The van der Waals surface area contributed by atoms with Crippen molar-refractivity contribution >= 4 is 5.97 Å². The fraction of sp³-hybridized carbons (Fsp3) is 0.400. The van der Waals surface area contributed by atoms with Crippen molar-refractivity contribution in [1.82, 2.24) is 14.3 Å². The first-order valence-electron chi connectivity index (χ1n) is 2.91. The molecule has 60 valence electrons. The van der Waals surface area contributed by atoms with Gasteiger partial charge in [-0.1, -0.05) is 0 Å². The Morgan fingerprint density at radius 1 is 1.82 bits per heavy atom. The van der Waals surface area contributed by atoms with Gasteiger partial charge in [0.15, 0.2) is 0 Å². The van der Waals surface area contributed by atoms with E-state index < -0.39 is 11.7 Å². The minimum atomic E-state index is -1.06. The van der Waals surface area contributed by atoms with Crippen LogP contribution in [0, 0.1) is 0 Å². The van der Waals surface area contributed by atoms with Crippen LogP contribution in [0.4, 0.5) is 0 Å². The highest BCUT2D eigenvalue weighted by Crippen LogP contribution is 1.76. The van der Waals surface area contributed by atoms with Crippen LogP contribution in [-0.2, 0) is 18.4 Å². The van der Waals surface area contributed by atoms with Crippen LogP contribution < -0.4 is 5.69 Å².